The van der Waals surface area contributed by atoms with Gasteiger partial charge in [-0.3, -0.25) is 0 Å². The van der Waals surface area contributed by atoms with Crippen LogP contribution in [0.25, 0.3) is 0 Å². The highest BCUT2D eigenvalue weighted by Gasteiger charge is 2.29. The fourth-order valence-corrected chi connectivity index (χ4v) is 4.32. The van der Waals surface area contributed by atoms with Crippen molar-refractivity contribution in [3.8, 4) is 0 Å². The third kappa shape index (κ3) is 3.73. The normalized spacial score (nSPS) is 23.6. The van der Waals surface area contributed by atoms with Gasteiger partial charge in [0.05, 0.1) is 9.72 Å². The van der Waals surface area contributed by atoms with Crippen molar-refractivity contribution in [2.45, 2.75) is 43.9 Å². The van der Waals surface area contributed by atoms with E-state index >= 15 is 0 Å². The molecular formula is C14H19BrFNO2S. The number of hydrogen-bond acceptors (Lipinski definition) is 3. The molecule has 1 aromatic rings. The topological polar surface area (TPSA) is 46.2 Å². The molecule has 1 fully saturated rings. The van der Waals surface area contributed by atoms with E-state index in [0.717, 1.165) is 30.5 Å². The van der Waals surface area contributed by atoms with Crippen molar-refractivity contribution in [3.63, 3.8) is 0 Å². The van der Waals surface area contributed by atoms with Crippen LogP contribution in [0.2, 0.25) is 0 Å². The molecule has 1 aromatic carbocycles. The first-order valence-corrected chi connectivity index (χ1v) is 9.43. The van der Waals surface area contributed by atoms with Gasteiger partial charge in [0.25, 0.3) is 0 Å². The van der Waals surface area contributed by atoms with E-state index in [-0.39, 0.29) is 17.1 Å². The van der Waals surface area contributed by atoms with Gasteiger partial charge >= 0.3 is 0 Å². The van der Waals surface area contributed by atoms with Gasteiger partial charge in [0.2, 0.25) is 0 Å². The largest absolute Gasteiger partial charge is 0.382 e. The maximum atomic E-state index is 13.6. The van der Waals surface area contributed by atoms with Crippen molar-refractivity contribution in [3.05, 3.63) is 28.0 Å². The predicted molar refractivity (Wildman–Crippen MR) is 83.3 cm³/mol. The second-order valence-corrected chi connectivity index (χ2v) is 8.72. The zero-order chi connectivity index (χ0) is 14.9. The van der Waals surface area contributed by atoms with Crippen LogP contribution in [0.1, 0.15) is 31.2 Å². The number of nitrogens with one attached hydrogen (secondary N) is 1. The molecule has 2 unspecified atom stereocenters. The molecule has 0 amide bonds. The molecule has 0 bridgehead atoms. The van der Waals surface area contributed by atoms with Crippen LogP contribution < -0.4 is 5.32 Å². The lowest BCUT2D eigenvalue weighted by molar-refractivity contribution is 0.452. The van der Waals surface area contributed by atoms with E-state index in [2.05, 4.69) is 21.2 Å². The Morgan fingerprint density at radius 1 is 1.35 bits per heavy atom. The summed E-state index contributed by atoms with van der Waals surface area (Å²) in [5, 5.41) is 3.01. The van der Waals surface area contributed by atoms with Gasteiger partial charge in [0, 0.05) is 18.0 Å². The first kappa shape index (κ1) is 15.8. The van der Waals surface area contributed by atoms with Crippen LogP contribution in [0.3, 0.4) is 0 Å². The summed E-state index contributed by atoms with van der Waals surface area (Å²) < 4.78 is 37.4. The molecule has 1 aliphatic rings. The number of halogens is 2. The third-order valence-electron chi connectivity index (χ3n) is 3.86. The highest BCUT2D eigenvalue weighted by Crippen LogP contribution is 2.29. The van der Waals surface area contributed by atoms with E-state index in [1.807, 2.05) is 6.92 Å². The Morgan fingerprint density at radius 3 is 2.70 bits per heavy atom. The number of sulfone groups is 1. The predicted octanol–water partition coefficient (Wildman–Crippen LogP) is 3.66. The van der Waals surface area contributed by atoms with Gasteiger partial charge < -0.3 is 5.32 Å². The van der Waals surface area contributed by atoms with E-state index in [1.165, 1.54) is 12.3 Å². The molecule has 0 radical (unpaired) electrons. The maximum absolute atomic E-state index is 13.6. The quantitative estimate of drug-likeness (QED) is 0.890. The van der Waals surface area contributed by atoms with Gasteiger partial charge in [0.1, 0.15) is 15.7 Å². The molecule has 2 atom stereocenters. The van der Waals surface area contributed by atoms with Crippen LogP contribution in [0.15, 0.2) is 16.6 Å². The van der Waals surface area contributed by atoms with Crippen molar-refractivity contribution in [1.82, 2.24) is 0 Å². The lowest BCUT2D eigenvalue weighted by Crippen LogP contribution is -2.34. The van der Waals surface area contributed by atoms with Crippen LogP contribution in [-0.2, 0) is 9.84 Å². The summed E-state index contributed by atoms with van der Waals surface area (Å²) in [7, 11) is -3.00. The average molecular weight is 364 g/mol. The summed E-state index contributed by atoms with van der Waals surface area (Å²) in [6.45, 7) is 1.91. The van der Waals surface area contributed by atoms with Gasteiger partial charge in [-0.15, -0.1) is 0 Å². The van der Waals surface area contributed by atoms with E-state index in [9.17, 15) is 12.8 Å². The Morgan fingerprint density at radius 2 is 2.05 bits per heavy atom. The summed E-state index contributed by atoms with van der Waals surface area (Å²) in [4.78, 5) is 0. The monoisotopic (exact) mass is 363 g/mol. The van der Waals surface area contributed by atoms with Crippen LogP contribution in [-0.4, -0.2) is 26.0 Å². The molecule has 0 aromatic heterocycles. The second-order valence-electron chi connectivity index (χ2n) is 5.54. The second kappa shape index (κ2) is 6.02. The smallest absolute Gasteiger partial charge is 0.150 e. The van der Waals surface area contributed by atoms with Crippen molar-refractivity contribution >= 4 is 31.5 Å². The maximum Gasteiger partial charge on any atom is 0.150 e. The van der Waals surface area contributed by atoms with Gasteiger partial charge in [-0.05, 0) is 59.8 Å². The molecule has 1 saturated carbocycles. The number of anilines is 1. The zero-order valence-electron chi connectivity index (χ0n) is 11.6. The highest BCUT2D eigenvalue weighted by atomic mass is 79.9. The summed E-state index contributed by atoms with van der Waals surface area (Å²) in [5.41, 5.74) is 1.68. The van der Waals surface area contributed by atoms with E-state index in [0.29, 0.717) is 10.9 Å². The summed E-state index contributed by atoms with van der Waals surface area (Å²) in [6, 6.07) is 3.28. The first-order chi connectivity index (χ1) is 9.27. The molecule has 1 N–H and O–H groups in total. The molecule has 3 nitrogen and oxygen atoms in total. The van der Waals surface area contributed by atoms with Crippen LogP contribution in [0.5, 0.6) is 0 Å². The molecule has 0 aliphatic heterocycles. The van der Waals surface area contributed by atoms with E-state index < -0.39 is 9.84 Å². The standard InChI is InChI=1S/C14H19BrFNO2S/c1-9-6-12(15)13(16)8-14(9)17-10-4-3-5-11(7-10)20(2,18)19/h6,8,10-11,17H,3-5,7H2,1-2H3. The third-order valence-corrected chi connectivity index (χ3v) is 6.11. The molecule has 1 aliphatic carbocycles. The first-order valence-electron chi connectivity index (χ1n) is 6.68. The van der Waals surface area contributed by atoms with Crippen molar-refractivity contribution < 1.29 is 12.8 Å². The highest BCUT2D eigenvalue weighted by molar-refractivity contribution is 9.10. The number of aryl methyl sites for hydroxylation is 1. The molecule has 0 saturated heterocycles. The van der Waals surface area contributed by atoms with Gasteiger partial charge in [-0.1, -0.05) is 6.42 Å². The van der Waals surface area contributed by atoms with Crippen molar-refractivity contribution in [2.24, 2.45) is 0 Å². The average Bonchev–Trinajstić information content (AvgIpc) is 2.35. The van der Waals surface area contributed by atoms with Crippen LogP contribution in [0, 0.1) is 12.7 Å². The molecule has 2 rings (SSSR count). The molecule has 0 spiro atoms. The van der Waals surface area contributed by atoms with Crippen molar-refractivity contribution in [1.29, 1.82) is 0 Å². The van der Waals surface area contributed by atoms with E-state index in [4.69, 9.17) is 0 Å². The van der Waals surface area contributed by atoms with Crippen molar-refractivity contribution in [2.75, 3.05) is 11.6 Å². The number of benzene rings is 1. The van der Waals surface area contributed by atoms with Crippen LogP contribution >= 0.6 is 15.9 Å². The Hall–Kier alpha value is -0.620. The molecule has 6 heteroatoms. The Labute approximate surface area is 128 Å². The number of rotatable bonds is 3. The fourth-order valence-electron chi connectivity index (χ4n) is 2.69. The SMILES string of the molecule is Cc1cc(Br)c(F)cc1NC1CCCC(S(C)(=O)=O)C1. The Balaban J connectivity index is 2.12. The summed E-state index contributed by atoms with van der Waals surface area (Å²) in [6.07, 6.45) is 4.42. The minimum absolute atomic E-state index is 0.0859. The minimum atomic E-state index is -3.00. The Bertz CT molecular complexity index is 603. The molecular weight excluding hydrogens is 345 g/mol. The summed E-state index contributed by atoms with van der Waals surface area (Å²) >= 11 is 3.16. The molecule has 112 valence electrons. The lowest BCUT2D eigenvalue weighted by Gasteiger charge is -2.30. The van der Waals surface area contributed by atoms with Crippen LogP contribution in [0.4, 0.5) is 10.1 Å². The van der Waals surface area contributed by atoms with Gasteiger partial charge in [0.15, 0.2) is 0 Å². The Kier molecular flexibility index (Phi) is 4.74. The number of hydrogen-bond donors (Lipinski definition) is 1. The minimum Gasteiger partial charge on any atom is -0.382 e. The fraction of sp³-hybridized carbons (Fsp3) is 0.571. The lowest BCUT2D eigenvalue weighted by atomic mass is 9.94. The van der Waals surface area contributed by atoms with Gasteiger partial charge in [-0.2, -0.15) is 0 Å². The molecule has 0 heterocycles. The van der Waals surface area contributed by atoms with E-state index in [1.54, 1.807) is 6.07 Å². The van der Waals surface area contributed by atoms with Gasteiger partial charge in [-0.25, -0.2) is 12.8 Å². The summed E-state index contributed by atoms with van der Waals surface area (Å²) in [5.74, 6) is -0.312. The molecule has 20 heavy (non-hydrogen) atoms. The zero-order valence-corrected chi connectivity index (χ0v) is 14.0.